The van der Waals surface area contributed by atoms with Crippen molar-refractivity contribution < 1.29 is 15.0 Å². The summed E-state index contributed by atoms with van der Waals surface area (Å²) in [5, 5.41) is 25.4. The fraction of sp³-hybridized carbons (Fsp3) is 0.500. The molecule has 1 amide bonds. The minimum atomic E-state index is -1.08. The summed E-state index contributed by atoms with van der Waals surface area (Å²) in [6, 6.07) is 12.5. The van der Waals surface area contributed by atoms with Gasteiger partial charge in [-0.2, -0.15) is 0 Å². The van der Waals surface area contributed by atoms with Crippen LogP contribution in [0.3, 0.4) is 0 Å². The largest absolute Gasteiger partial charge is 0.394 e. The topological polar surface area (TPSA) is 99.4 Å². The Morgan fingerprint density at radius 1 is 1.03 bits per heavy atom. The van der Waals surface area contributed by atoms with Crippen molar-refractivity contribution in [3.8, 4) is 0 Å². The highest BCUT2D eigenvalue weighted by molar-refractivity contribution is 5.98. The van der Waals surface area contributed by atoms with Crippen LogP contribution in [0.15, 0.2) is 36.4 Å². The molecule has 0 spiro atoms. The van der Waals surface area contributed by atoms with E-state index in [0.29, 0.717) is 18.2 Å². The van der Waals surface area contributed by atoms with E-state index in [0.717, 1.165) is 29.8 Å². The molecule has 1 aromatic heterocycles. The third kappa shape index (κ3) is 5.85. The van der Waals surface area contributed by atoms with Gasteiger partial charge in [-0.15, -0.1) is 0 Å². The highest BCUT2D eigenvalue weighted by Crippen LogP contribution is 2.34. The van der Waals surface area contributed by atoms with Crippen molar-refractivity contribution in [2.24, 2.45) is 0 Å². The number of nitrogens with zero attached hydrogens (tertiary/aromatic N) is 2. The van der Waals surface area contributed by atoms with E-state index in [1.54, 1.807) is 19.1 Å². The number of amides is 1. The molecule has 0 unspecified atom stereocenters. The standard InChI is InChI=1S/C28H38N4O3/c1-19-12-20(2)14-21(13-19)16-29-27-30-24-15-22(26(35)31-28(3,17-33)18-34)10-11-25(24)32(27)23-8-6-4-5-7-9-23/h10-15,23,33-34H,4-9,16-18H2,1-3H3,(H,29,30)(H,31,35). The lowest BCUT2D eigenvalue weighted by molar-refractivity contribution is 0.0724. The van der Waals surface area contributed by atoms with Crippen LogP contribution in [0, 0.1) is 13.8 Å². The van der Waals surface area contributed by atoms with Crippen molar-refractivity contribution in [1.29, 1.82) is 0 Å². The highest BCUT2D eigenvalue weighted by Gasteiger charge is 2.26. The molecule has 7 heteroatoms. The summed E-state index contributed by atoms with van der Waals surface area (Å²) in [7, 11) is 0. The van der Waals surface area contributed by atoms with E-state index in [9.17, 15) is 15.0 Å². The van der Waals surface area contributed by atoms with Gasteiger partial charge in [0.2, 0.25) is 5.95 Å². The van der Waals surface area contributed by atoms with Crippen LogP contribution in [-0.2, 0) is 6.54 Å². The molecule has 2 aromatic carbocycles. The zero-order valence-corrected chi connectivity index (χ0v) is 21.1. The summed E-state index contributed by atoms with van der Waals surface area (Å²) >= 11 is 0. The number of imidazole rings is 1. The molecule has 1 aliphatic carbocycles. The lowest BCUT2D eigenvalue weighted by atomic mass is 10.0. The number of aromatic nitrogens is 2. The third-order valence-corrected chi connectivity index (χ3v) is 6.99. The van der Waals surface area contributed by atoms with E-state index in [4.69, 9.17) is 4.98 Å². The molecule has 3 aromatic rings. The van der Waals surface area contributed by atoms with Crippen LogP contribution in [0.5, 0.6) is 0 Å². The monoisotopic (exact) mass is 478 g/mol. The second kappa shape index (κ2) is 10.8. The predicted molar refractivity (Wildman–Crippen MR) is 140 cm³/mol. The minimum Gasteiger partial charge on any atom is -0.394 e. The van der Waals surface area contributed by atoms with Crippen molar-refractivity contribution in [2.45, 2.75) is 77.4 Å². The summed E-state index contributed by atoms with van der Waals surface area (Å²) < 4.78 is 2.33. The summed E-state index contributed by atoms with van der Waals surface area (Å²) in [6.45, 7) is 5.82. The predicted octanol–water partition coefficient (Wildman–Crippen LogP) is 4.63. The average molecular weight is 479 g/mol. The number of anilines is 1. The van der Waals surface area contributed by atoms with Gasteiger partial charge in [0.15, 0.2) is 0 Å². The van der Waals surface area contributed by atoms with Crippen molar-refractivity contribution >= 4 is 22.9 Å². The molecule has 0 saturated heterocycles. The number of aliphatic hydroxyl groups excluding tert-OH is 2. The number of fused-ring (bicyclic) bond motifs is 1. The van der Waals surface area contributed by atoms with Crippen LogP contribution in [-0.4, -0.2) is 44.4 Å². The second-order valence-electron chi connectivity index (χ2n) is 10.3. The quantitative estimate of drug-likeness (QED) is 0.354. The Labute approximate surface area is 207 Å². The first kappa shape index (κ1) is 25.2. The Kier molecular flexibility index (Phi) is 7.77. The number of benzene rings is 2. The summed E-state index contributed by atoms with van der Waals surface area (Å²) in [5.74, 6) is 0.491. The zero-order chi connectivity index (χ0) is 25.0. The SMILES string of the molecule is Cc1cc(C)cc(CNc2nc3cc(C(=O)NC(C)(CO)CO)ccc3n2C2CCCCCC2)c1. The fourth-order valence-corrected chi connectivity index (χ4v) is 5.08. The normalized spacial score (nSPS) is 15.2. The van der Waals surface area contributed by atoms with Crippen molar-refractivity contribution in [2.75, 3.05) is 18.5 Å². The molecule has 0 radical (unpaired) electrons. The van der Waals surface area contributed by atoms with Crippen LogP contribution in [0.2, 0.25) is 0 Å². The number of carbonyl (C=O) groups is 1. The van der Waals surface area contributed by atoms with E-state index >= 15 is 0 Å². The molecule has 1 saturated carbocycles. The van der Waals surface area contributed by atoms with Crippen molar-refractivity contribution in [1.82, 2.24) is 14.9 Å². The smallest absolute Gasteiger partial charge is 0.251 e. The molecule has 0 atom stereocenters. The lowest BCUT2D eigenvalue weighted by Crippen LogP contribution is -2.51. The molecule has 1 fully saturated rings. The molecule has 35 heavy (non-hydrogen) atoms. The maximum atomic E-state index is 12.9. The van der Waals surface area contributed by atoms with E-state index in [-0.39, 0.29) is 19.1 Å². The first-order valence-corrected chi connectivity index (χ1v) is 12.7. The Morgan fingerprint density at radius 3 is 2.31 bits per heavy atom. The molecule has 4 rings (SSSR count). The van der Waals surface area contributed by atoms with Crippen LogP contribution < -0.4 is 10.6 Å². The van der Waals surface area contributed by atoms with Gasteiger partial charge in [0.05, 0.1) is 29.8 Å². The molecule has 1 heterocycles. The van der Waals surface area contributed by atoms with Gasteiger partial charge in [0.1, 0.15) is 0 Å². The maximum absolute atomic E-state index is 12.9. The number of nitrogens with one attached hydrogen (secondary N) is 2. The van der Waals surface area contributed by atoms with Crippen LogP contribution in [0.1, 0.15) is 78.5 Å². The van der Waals surface area contributed by atoms with Gasteiger partial charge < -0.3 is 25.4 Å². The van der Waals surface area contributed by atoms with E-state index in [1.807, 2.05) is 6.07 Å². The molecule has 1 aliphatic rings. The van der Waals surface area contributed by atoms with Gasteiger partial charge in [-0.1, -0.05) is 55.0 Å². The Hall–Kier alpha value is -2.90. The van der Waals surface area contributed by atoms with E-state index in [2.05, 4.69) is 47.2 Å². The van der Waals surface area contributed by atoms with Crippen LogP contribution in [0.4, 0.5) is 5.95 Å². The van der Waals surface area contributed by atoms with Crippen molar-refractivity contribution in [3.63, 3.8) is 0 Å². The number of hydrogen-bond donors (Lipinski definition) is 4. The first-order chi connectivity index (χ1) is 16.8. The Balaban J connectivity index is 1.67. The second-order valence-corrected chi connectivity index (χ2v) is 10.3. The maximum Gasteiger partial charge on any atom is 0.251 e. The molecule has 7 nitrogen and oxygen atoms in total. The molecular weight excluding hydrogens is 440 g/mol. The molecule has 0 aliphatic heterocycles. The summed E-state index contributed by atoms with van der Waals surface area (Å²) in [6.07, 6.45) is 7.21. The van der Waals surface area contributed by atoms with Crippen LogP contribution in [0.25, 0.3) is 11.0 Å². The summed E-state index contributed by atoms with van der Waals surface area (Å²) in [5.41, 5.74) is 4.86. The molecule has 4 N–H and O–H groups in total. The molecular formula is C28H38N4O3. The zero-order valence-electron chi connectivity index (χ0n) is 21.1. The minimum absolute atomic E-state index is 0.341. The number of carbonyl (C=O) groups excluding carboxylic acids is 1. The van der Waals surface area contributed by atoms with Gasteiger partial charge in [-0.25, -0.2) is 4.98 Å². The van der Waals surface area contributed by atoms with Gasteiger partial charge in [-0.05, 0) is 57.4 Å². The Bertz CT molecular complexity index is 1150. The number of hydrogen-bond acceptors (Lipinski definition) is 5. The number of rotatable bonds is 8. The third-order valence-electron chi connectivity index (χ3n) is 6.99. The van der Waals surface area contributed by atoms with Gasteiger partial charge >= 0.3 is 0 Å². The van der Waals surface area contributed by atoms with Crippen LogP contribution >= 0.6 is 0 Å². The van der Waals surface area contributed by atoms with E-state index < -0.39 is 5.54 Å². The highest BCUT2D eigenvalue weighted by atomic mass is 16.3. The first-order valence-electron chi connectivity index (χ1n) is 12.7. The van der Waals surface area contributed by atoms with Gasteiger partial charge in [0, 0.05) is 18.2 Å². The number of aryl methyl sites for hydroxylation is 2. The molecule has 0 bridgehead atoms. The molecule has 188 valence electrons. The summed E-state index contributed by atoms with van der Waals surface area (Å²) in [4.78, 5) is 17.8. The Morgan fingerprint density at radius 2 is 1.69 bits per heavy atom. The van der Waals surface area contributed by atoms with E-state index in [1.165, 1.54) is 42.4 Å². The van der Waals surface area contributed by atoms with Gasteiger partial charge in [0.25, 0.3) is 5.91 Å². The lowest BCUT2D eigenvalue weighted by Gasteiger charge is -2.26. The number of aliphatic hydroxyl groups is 2. The van der Waals surface area contributed by atoms with Gasteiger partial charge in [-0.3, -0.25) is 4.79 Å². The fourth-order valence-electron chi connectivity index (χ4n) is 5.08. The average Bonchev–Trinajstić information content (AvgIpc) is 2.99. The van der Waals surface area contributed by atoms with Crippen molar-refractivity contribution in [3.05, 3.63) is 58.7 Å².